The minimum atomic E-state index is -3.95. The van der Waals surface area contributed by atoms with Gasteiger partial charge in [-0.1, -0.05) is 16.7 Å². The standard InChI is InChI=1S/C17H17ClN5O7P/c1-9-6-23(17(25)20-16(9)24)15-5-12(21-22-19)14(29-15)8-28-31(26)27-7-10-4-11(18)2-3-13(10)30-31/h2-4,6,12,14-15H,5,7-8H2,1H3,(H,20,24,25)/t12-,14+,15+,31?/m0/s1. The number of nitrogens with zero attached hydrogens (tertiary/aromatic N) is 4. The summed E-state index contributed by atoms with van der Waals surface area (Å²) in [7, 11) is -3.95. The van der Waals surface area contributed by atoms with E-state index in [0.29, 0.717) is 21.9 Å². The van der Waals surface area contributed by atoms with Crippen LogP contribution in [0.5, 0.6) is 5.75 Å². The molecular weight excluding hydrogens is 453 g/mol. The molecule has 2 aliphatic rings. The number of aromatic amines is 1. The molecule has 14 heteroatoms. The summed E-state index contributed by atoms with van der Waals surface area (Å²) in [4.78, 5) is 28.7. The van der Waals surface area contributed by atoms with Crippen molar-refractivity contribution in [3.05, 3.63) is 71.8 Å². The van der Waals surface area contributed by atoms with E-state index in [2.05, 4.69) is 15.0 Å². The average molecular weight is 470 g/mol. The smallest absolute Gasteiger partial charge is 0.404 e. The summed E-state index contributed by atoms with van der Waals surface area (Å²) in [5, 5.41) is 4.17. The van der Waals surface area contributed by atoms with E-state index in [1.807, 2.05) is 0 Å². The van der Waals surface area contributed by atoms with Crippen molar-refractivity contribution in [3.8, 4) is 5.75 Å². The van der Waals surface area contributed by atoms with E-state index in [9.17, 15) is 14.2 Å². The number of phosphoric acid groups is 1. The van der Waals surface area contributed by atoms with Crippen molar-refractivity contribution in [2.75, 3.05) is 6.61 Å². The zero-order chi connectivity index (χ0) is 22.2. The van der Waals surface area contributed by atoms with Crippen molar-refractivity contribution in [1.82, 2.24) is 9.55 Å². The molecular formula is C17H17ClN5O7P. The monoisotopic (exact) mass is 469 g/mol. The van der Waals surface area contributed by atoms with Gasteiger partial charge in [0.1, 0.15) is 12.0 Å². The number of H-pyrrole nitrogens is 1. The summed E-state index contributed by atoms with van der Waals surface area (Å²) < 4.78 is 35.9. The van der Waals surface area contributed by atoms with Crippen molar-refractivity contribution in [2.45, 2.75) is 38.3 Å². The molecule has 164 valence electrons. The summed E-state index contributed by atoms with van der Waals surface area (Å²) in [5.74, 6) is 0.325. The van der Waals surface area contributed by atoms with Gasteiger partial charge in [-0.15, -0.1) is 0 Å². The zero-order valence-corrected chi connectivity index (χ0v) is 17.8. The van der Waals surface area contributed by atoms with Gasteiger partial charge in [0.25, 0.3) is 5.56 Å². The number of halogens is 1. The molecule has 4 atom stereocenters. The van der Waals surface area contributed by atoms with Crippen LogP contribution in [0.3, 0.4) is 0 Å². The number of hydrogen-bond donors (Lipinski definition) is 1. The Balaban J connectivity index is 1.49. The van der Waals surface area contributed by atoms with Crippen LogP contribution in [-0.2, 0) is 25.0 Å². The van der Waals surface area contributed by atoms with Gasteiger partial charge in [0.2, 0.25) is 0 Å². The topological polar surface area (TPSA) is 158 Å². The van der Waals surface area contributed by atoms with Gasteiger partial charge in [-0.2, -0.15) is 0 Å². The van der Waals surface area contributed by atoms with E-state index in [1.165, 1.54) is 10.8 Å². The van der Waals surface area contributed by atoms with Crippen molar-refractivity contribution in [3.63, 3.8) is 0 Å². The molecule has 0 spiro atoms. The fourth-order valence-corrected chi connectivity index (χ4v) is 4.72. The fourth-order valence-electron chi connectivity index (χ4n) is 3.30. The molecule has 1 fully saturated rings. The molecule has 1 saturated heterocycles. The molecule has 2 aliphatic heterocycles. The minimum absolute atomic E-state index is 0.0207. The molecule has 0 amide bonds. The molecule has 4 rings (SSSR count). The van der Waals surface area contributed by atoms with Crippen LogP contribution in [-0.4, -0.2) is 28.3 Å². The summed E-state index contributed by atoms with van der Waals surface area (Å²) >= 11 is 5.92. The quantitative estimate of drug-likeness (QED) is 0.304. The van der Waals surface area contributed by atoms with Gasteiger partial charge in [-0.3, -0.25) is 23.4 Å². The number of fused-ring (bicyclic) bond motifs is 1. The van der Waals surface area contributed by atoms with E-state index >= 15 is 0 Å². The summed E-state index contributed by atoms with van der Waals surface area (Å²) in [6.45, 7) is 1.24. The van der Waals surface area contributed by atoms with Crippen molar-refractivity contribution >= 4 is 19.4 Å². The lowest BCUT2D eigenvalue weighted by atomic mass is 10.1. The van der Waals surface area contributed by atoms with Crippen LogP contribution in [0.15, 0.2) is 39.1 Å². The van der Waals surface area contributed by atoms with Crippen LogP contribution in [0.2, 0.25) is 5.02 Å². The molecule has 0 bridgehead atoms. The van der Waals surface area contributed by atoms with E-state index in [-0.39, 0.29) is 19.6 Å². The number of benzene rings is 1. The summed E-state index contributed by atoms with van der Waals surface area (Å²) in [6.07, 6.45) is -0.134. The second kappa shape index (κ2) is 8.51. The maximum absolute atomic E-state index is 12.8. The maximum atomic E-state index is 12.8. The lowest BCUT2D eigenvalue weighted by Crippen LogP contribution is -2.33. The largest absolute Gasteiger partial charge is 0.530 e. The molecule has 12 nitrogen and oxygen atoms in total. The number of rotatable bonds is 5. The molecule has 2 aromatic rings. The lowest BCUT2D eigenvalue weighted by molar-refractivity contribution is -0.0288. The number of aromatic nitrogens is 2. The number of azide groups is 1. The van der Waals surface area contributed by atoms with Crippen LogP contribution >= 0.6 is 19.4 Å². The third kappa shape index (κ3) is 4.54. The molecule has 1 aromatic heterocycles. The van der Waals surface area contributed by atoms with Gasteiger partial charge in [0, 0.05) is 33.7 Å². The Morgan fingerprint density at radius 1 is 1.45 bits per heavy atom. The third-order valence-corrected chi connectivity index (χ3v) is 6.43. The third-order valence-electron chi connectivity index (χ3n) is 4.87. The highest BCUT2D eigenvalue weighted by Crippen LogP contribution is 2.55. The Kier molecular flexibility index (Phi) is 5.94. The number of hydrogen-bond acceptors (Lipinski definition) is 8. The molecule has 0 radical (unpaired) electrons. The molecule has 1 N–H and O–H groups in total. The highest BCUT2D eigenvalue weighted by atomic mass is 35.5. The van der Waals surface area contributed by atoms with E-state index in [1.54, 1.807) is 25.1 Å². The molecule has 1 unspecified atom stereocenters. The molecule has 0 saturated carbocycles. The van der Waals surface area contributed by atoms with Gasteiger partial charge < -0.3 is 9.26 Å². The highest BCUT2D eigenvalue weighted by molar-refractivity contribution is 7.49. The van der Waals surface area contributed by atoms with E-state index in [4.69, 9.17) is 35.4 Å². The Labute approximate surface area is 179 Å². The van der Waals surface area contributed by atoms with Gasteiger partial charge in [0.15, 0.2) is 0 Å². The van der Waals surface area contributed by atoms with Crippen molar-refractivity contribution in [2.24, 2.45) is 5.11 Å². The predicted molar refractivity (Wildman–Crippen MR) is 108 cm³/mol. The molecule has 3 heterocycles. The maximum Gasteiger partial charge on any atom is 0.530 e. The highest BCUT2D eigenvalue weighted by Gasteiger charge is 2.40. The predicted octanol–water partition coefficient (Wildman–Crippen LogP) is 3.20. The molecule has 0 aliphatic carbocycles. The summed E-state index contributed by atoms with van der Waals surface area (Å²) in [5.41, 5.74) is 8.64. The second-order valence-corrected chi connectivity index (χ2v) is 9.01. The van der Waals surface area contributed by atoms with Crippen LogP contribution in [0, 0.1) is 6.92 Å². The van der Waals surface area contributed by atoms with E-state index < -0.39 is 37.4 Å². The lowest BCUT2D eigenvalue weighted by Gasteiger charge is -2.26. The number of phosphoric ester groups is 1. The van der Waals surface area contributed by atoms with Crippen LogP contribution < -0.4 is 15.8 Å². The zero-order valence-electron chi connectivity index (χ0n) is 16.1. The van der Waals surface area contributed by atoms with E-state index in [0.717, 1.165) is 0 Å². The van der Waals surface area contributed by atoms with Gasteiger partial charge in [-0.05, 0) is 30.7 Å². The minimum Gasteiger partial charge on any atom is -0.404 e. The van der Waals surface area contributed by atoms with Gasteiger partial charge in [-0.25, -0.2) is 9.36 Å². The molecule has 1 aromatic carbocycles. The number of aryl methyl sites for hydroxylation is 1. The average Bonchev–Trinajstić information content (AvgIpc) is 3.12. The van der Waals surface area contributed by atoms with Crippen molar-refractivity contribution < 1.29 is 22.9 Å². The number of ether oxygens (including phenoxy) is 1. The second-order valence-electron chi connectivity index (χ2n) is 6.98. The van der Waals surface area contributed by atoms with Crippen LogP contribution in [0.1, 0.15) is 23.8 Å². The first-order valence-electron chi connectivity index (χ1n) is 9.17. The molecule has 31 heavy (non-hydrogen) atoms. The first-order chi connectivity index (χ1) is 14.8. The Morgan fingerprint density at radius 2 is 2.26 bits per heavy atom. The Hall–Kier alpha value is -2.59. The Bertz CT molecular complexity index is 1220. The van der Waals surface area contributed by atoms with Gasteiger partial charge >= 0.3 is 13.5 Å². The van der Waals surface area contributed by atoms with Crippen molar-refractivity contribution in [1.29, 1.82) is 0 Å². The first kappa shape index (κ1) is 21.6. The summed E-state index contributed by atoms with van der Waals surface area (Å²) in [6, 6.07) is 4.07. The first-order valence-corrected chi connectivity index (χ1v) is 11.0. The normalized spacial score (nSPS) is 27.2. The van der Waals surface area contributed by atoms with Gasteiger partial charge in [0.05, 0.1) is 25.4 Å². The fraction of sp³-hybridized carbons (Fsp3) is 0.412. The van der Waals surface area contributed by atoms with Crippen LogP contribution in [0.25, 0.3) is 10.4 Å². The SMILES string of the molecule is Cc1cn([C@H]2C[C@H](N=[N+]=[N-])[C@@H](COP3(=O)OCc4cc(Cl)ccc4O3)O2)c(=O)[nH]c1=O. The Morgan fingerprint density at radius 3 is 3.03 bits per heavy atom. The number of nitrogens with one attached hydrogen (secondary N) is 1. The van der Waals surface area contributed by atoms with Crippen LogP contribution in [0.4, 0.5) is 0 Å².